The smallest absolute Gasteiger partial charge is 0.307 e. The van der Waals surface area contributed by atoms with Gasteiger partial charge in [0.2, 0.25) is 0 Å². The van der Waals surface area contributed by atoms with Crippen LogP contribution in [0.2, 0.25) is 0 Å². The fourth-order valence-corrected chi connectivity index (χ4v) is 3.89. The summed E-state index contributed by atoms with van der Waals surface area (Å²) < 4.78 is 2.35. The molecule has 30 heavy (non-hydrogen) atoms. The van der Waals surface area contributed by atoms with E-state index in [0.29, 0.717) is 0 Å². The van der Waals surface area contributed by atoms with Crippen LogP contribution in [-0.2, 0) is 6.54 Å². The maximum absolute atomic E-state index is 4.88. The van der Waals surface area contributed by atoms with Gasteiger partial charge < -0.3 is 46.1 Å². The summed E-state index contributed by atoms with van der Waals surface area (Å²) in [6, 6.07) is 19.1. The molecule has 3 aromatic rings. The summed E-state index contributed by atoms with van der Waals surface area (Å²) in [7, 11) is 0. The van der Waals surface area contributed by atoms with E-state index in [1.54, 1.807) is 4.90 Å². The van der Waals surface area contributed by atoms with Gasteiger partial charge in [-0.2, -0.15) is 4.98 Å². The van der Waals surface area contributed by atoms with Gasteiger partial charge in [0, 0.05) is 19.3 Å². The molecule has 0 aliphatic carbocycles. The van der Waals surface area contributed by atoms with Crippen LogP contribution in [0.15, 0.2) is 54.6 Å². The van der Waals surface area contributed by atoms with Gasteiger partial charge >= 0.3 is 5.95 Å². The molecule has 1 fully saturated rings. The van der Waals surface area contributed by atoms with Crippen molar-refractivity contribution in [2.24, 2.45) is 0 Å². The maximum Gasteiger partial charge on any atom is 0.307 e. The fraction of sp³-hybridized carbons (Fsp3) is 0.381. The van der Waals surface area contributed by atoms with Gasteiger partial charge in [-0.3, -0.25) is 9.88 Å². The number of imidazole rings is 1. The van der Waals surface area contributed by atoms with Crippen LogP contribution in [0.4, 0.5) is 5.95 Å². The minimum Gasteiger partial charge on any atom is -1.00 e. The molecular weight excluding hydrogens is 427 g/mol. The molecule has 9 N–H and O–H groups in total. The molecule has 1 saturated heterocycles. The summed E-state index contributed by atoms with van der Waals surface area (Å²) in [5.41, 5.74) is 3.64. The molecule has 0 spiro atoms. The van der Waals surface area contributed by atoms with Crippen LogP contribution in [-0.4, -0.2) is 52.2 Å². The van der Waals surface area contributed by atoms with Crippen LogP contribution in [0.25, 0.3) is 11.0 Å². The lowest BCUT2D eigenvalue weighted by Gasteiger charge is -2.11. The van der Waals surface area contributed by atoms with Gasteiger partial charge in [0.15, 0.2) is 0 Å². The lowest BCUT2D eigenvalue weighted by molar-refractivity contribution is -0.888. The number of quaternary nitrogens is 2. The zero-order chi connectivity index (χ0) is 16.9. The Kier molecular flexibility index (Phi) is 15.4. The number of hydrogen-bond donors (Lipinski definition) is 2. The van der Waals surface area contributed by atoms with Crippen LogP contribution < -0.4 is 35.0 Å². The summed E-state index contributed by atoms with van der Waals surface area (Å²) in [6.07, 6.45) is 4.07. The minimum absolute atomic E-state index is 0. The van der Waals surface area contributed by atoms with E-state index in [9.17, 15) is 0 Å². The zero-order valence-electron chi connectivity index (χ0n) is 17.1. The molecule has 1 aromatic heterocycles. The lowest BCUT2D eigenvalue weighted by atomic mass is 10.2. The first-order valence-corrected chi connectivity index (χ1v) is 9.56. The first-order chi connectivity index (χ1) is 12.4. The van der Waals surface area contributed by atoms with Crippen molar-refractivity contribution in [2.45, 2.75) is 25.8 Å². The summed E-state index contributed by atoms with van der Waals surface area (Å²) in [5.74, 6) is 1.11. The molecular formula is C21H34Cl2N4O3. The second-order valence-corrected chi connectivity index (χ2v) is 7.08. The molecule has 2 aromatic carbocycles. The van der Waals surface area contributed by atoms with Crippen LogP contribution in [0.1, 0.15) is 24.8 Å². The molecule has 170 valence electrons. The average Bonchev–Trinajstić information content (AvgIpc) is 3.28. The number of nitrogens with zero attached hydrogens (tertiary/aromatic N) is 2. The fourth-order valence-electron chi connectivity index (χ4n) is 3.89. The second-order valence-electron chi connectivity index (χ2n) is 7.08. The van der Waals surface area contributed by atoms with E-state index in [0.717, 1.165) is 24.6 Å². The third-order valence-electron chi connectivity index (χ3n) is 5.24. The van der Waals surface area contributed by atoms with E-state index in [4.69, 9.17) is 4.98 Å². The third-order valence-corrected chi connectivity index (χ3v) is 5.24. The number of benzene rings is 2. The molecule has 0 bridgehead atoms. The van der Waals surface area contributed by atoms with Crippen molar-refractivity contribution in [1.82, 2.24) is 9.55 Å². The van der Waals surface area contributed by atoms with Crippen LogP contribution in [0.3, 0.4) is 0 Å². The van der Waals surface area contributed by atoms with Crippen molar-refractivity contribution in [3.8, 4) is 0 Å². The van der Waals surface area contributed by atoms with E-state index in [2.05, 4.69) is 64.5 Å². The van der Waals surface area contributed by atoms with Gasteiger partial charge in [0.25, 0.3) is 0 Å². The summed E-state index contributed by atoms with van der Waals surface area (Å²) in [4.78, 5) is 6.66. The highest BCUT2D eigenvalue weighted by Crippen LogP contribution is 2.18. The Hall–Kier alpha value is -1.71. The van der Waals surface area contributed by atoms with Crippen molar-refractivity contribution >= 4 is 17.0 Å². The van der Waals surface area contributed by atoms with Gasteiger partial charge in [-0.25, -0.2) is 0 Å². The van der Waals surface area contributed by atoms with Crippen LogP contribution in [0.5, 0.6) is 0 Å². The molecule has 2 heterocycles. The number of para-hydroxylation sites is 2. The van der Waals surface area contributed by atoms with E-state index in [1.807, 2.05) is 0 Å². The number of hydrogen-bond acceptors (Lipinski definition) is 1. The molecule has 0 atom stereocenters. The molecule has 7 nitrogen and oxygen atoms in total. The number of fused-ring (bicyclic) bond motifs is 1. The lowest BCUT2D eigenvalue weighted by Crippen LogP contribution is -3.10. The highest BCUT2D eigenvalue weighted by Gasteiger charge is 2.16. The average molecular weight is 461 g/mol. The van der Waals surface area contributed by atoms with E-state index in [-0.39, 0.29) is 41.2 Å². The van der Waals surface area contributed by atoms with Crippen LogP contribution in [0, 0.1) is 0 Å². The Morgan fingerprint density at radius 1 is 0.867 bits per heavy atom. The van der Waals surface area contributed by atoms with Crippen molar-refractivity contribution in [3.05, 3.63) is 60.2 Å². The number of rotatable bonds is 7. The van der Waals surface area contributed by atoms with Gasteiger partial charge in [-0.05, 0) is 17.7 Å². The number of halogens is 2. The molecule has 0 amide bonds. The Morgan fingerprint density at radius 2 is 1.50 bits per heavy atom. The number of likely N-dealkylation sites (tertiary alicyclic amines) is 1. The summed E-state index contributed by atoms with van der Waals surface area (Å²) >= 11 is 0. The molecule has 4 rings (SSSR count). The Labute approximate surface area is 190 Å². The molecule has 0 unspecified atom stereocenters. The molecule has 1 aliphatic heterocycles. The van der Waals surface area contributed by atoms with Gasteiger partial charge in [-0.15, -0.1) is 0 Å². The quantitative estimate of drug-likeness (QED) is 0.333. The largest absolute Gasteiger partial charge is 1.00 e. The van der Waals surface area contributed by atoms with E-state index in [1.165, 1.54) is 50.0 Å². The van der Waals surface area contributed by atoms with Crippen molar-refractivity contribution in [2.75, 3.05) is 26.2 Å². The topological polar surface area (TPSA) is 133 Å². The number of nitrogens with one attached hydrogen (secondary N) is 1. The number of aromatic nitrogens is 2. The number of nitrogens with two attached hydrogens (primary N) is 1. The highest BCUT2D eigenvalue weighted by molar-refractivity contribution is 5.77. The molecule has 0 radical (unpaired) electrons. The van der Waals surface area contributed by atoms with Crippen molar-refractivity contribution < 1.29 is 51.5 Å². The van der Waals surface area contributed by atoms with Crippen molar-refractivity contribution in [1.29, 1.82) is 0 Å². The standard InChI is InChI=1S/C21H26N4.2ClH.3H2O/c1-2-9-18(10-3-1)17-25-20-12-5-4-11-19(20)23-21(25)22-13-8-16-24-14-6-7-15-24;;;;;/h1-5,9-12H,6-8,13-17H2,(H,22,23);2*1H;3*1H2. The van der Waals surface area contributed by atoms with Gasteiger partial charge in [-0.1, -0.05) is 42.5 Å². The maximum atomic E-state index is 4.88. The molecule has 9 heteroatoms. The second kappa shape index (κ2) is 15.1. The molecule has 0 saturated carbocycles. The van der Waals surface area contributed by atoms with E-state index >= 15 is 0 Å². The monoisotopic (exact) mass is 460 g/mol. The predicted octanol–water partition coefficient (Wildman–Crippen LogP) is -7.12. The van der Waals surface area contributed by atoms with Gasteiger partial charge in [0.05, 0.1) is 43.8 Å². The Morgan fingerprint density at radius 3 is 2.20 bits per heavy atom. The molecule has 1 aliphatic rings. The third kappa shape index (κ3) is 7.52. The highest BCUT2D eigenvalue weighted by atomic mass is 35.5. The summed E-state index contributed by atoms with van der Waals surface area (Å²) in [5, 5.41) is 2.33. The zero-order valence-corrected chi connectivity index (χ0v) is 18.6. The first-order valence-electron chi connectivity index (χ1n) is 9.56. The van der Waals surface area contributed by atoms with E-state index < -0.39 is 0 Å². The normalized spacial score (nSPS) is 12.7. The minimum atomic E-state index is 0. The Balaban J connectivity index is 0. The van der Waals surface area contributed by atoms with Crippen LogP contribution >= 0.6 is 0 Å². The van der Waals surface area contributed by atoms with Gasteiger partial charge in [0.1, 0.15) is 0 Å². The Bertz CT molecular complexity index is 827. The predicted molar refractivity (Wildman–Crippen MR) is 112 cm³/mol. The SMILES string of the molecule is O.O.O.[Cl-].[Cl-].c1ccc(Cn2c([NH2+]CCC[NH+]3CCCC3)nc3ccccc32)cc1. The first kappa shape index (κ1) is 30.5. The van der Waals surface area contributed by atoms with Crippen molar-refractivity contribution in [3.63, 3.8) is 0 Å². The summed E-state index contributed by atoms with van der Waals surface area (Å²) in [6.45, 7) is 6.03.